The van der Waals surface area contributed by atoms with Crippen molar-refractivity contribution in [2.45, 2.75) is 33.4 Å². The molecule has 0 saturated heterocycles. The van der Waals surface area contributed by atoms with Crippen LogP contribution in [0.25, 0.3) is 0 Å². The number of thiophene rings is 1. The van der Waals surface area contributed by atoms with Gasteiger partial charge in [-0.3, -0.25) is 9.48 Å². The number of ether oxygens (including phenoxy) is 2. The van der Waals surface area contributed by atoms with E-state index in [4.69, 9.17) is 21.1 Å². The number of halogens is 4. The molecule has 2 heterocycles. The highest BCUT2D eigenvalue weighted by molar-refractivity contribution is 7.18. The van der Waals surface area contributed by atoms with Crippen molar-refractivity contribution in [2.24, 2.45) is 7.05 Å². The van der Waals surface area contributed by atoms with Gasteiger partial charge in [-0.15, -0.1) is 11.3 Å². The zero-order valence-corrected chi connectivity index (χ0v) is 18.5. The van der Waals surface area contributed by atoms with Crippen molar-refractivity contribution >= 4 is 45.8 Å². The van der Waals surface area contributed by atoms with E-state index in [-0.39, 0.29) is 34.2 Å². The fourth-order valence-corrected chi connectivity index (χ4v) is 4.06. The molecule has 0 unspecified atom stereocenters. The lowest BCUT2D eigenvalue weighted by atomic mass is 10.1. The Kier molecular flexibility index (Phi) is 7.71. The number of aryl methyl sites for hydroxylation is 1. The fraction of sp³-hybridized carbons (Fsp3) is 0.444. The Morgan fingerprint density at radius 1 is 1.19 bits per heavy atom. The minimum atomic E-state index is -4.83. The highest BCUT2D eigenvalue weighted by atomic mass is 35.5. The number of hydrogen-bond donors (Lipinski definition) is 1. The smallest absolute Gasteiger partial charge is 0.434 e. The van der Waals surface area contributed by atoms with Crippen molar-refractivity contribution in [3.05, 3.63) is 32.4 Å². The van der Waals surface area contributed by atoms with Gasteiger partial charge in [0.25, 0.3) is 5.91 Å². The number of anilines is 1. The van der Waals surface area contributed by atoms with Gasteiger partial charge in [0, 0.05) is 7.05 Å². The molecular formula is C18H19ClF3N3O5S. The monoisotopic (exact) mass is 481 g/mol. The van der Waals surface area contributed by atoms with Crippen LogP contribution in [-0.2, 0) is 22.7 Å². The second kappa shape index (κ2) is 9.69. The van der Waals surface area contributed by atoms with Crippen LogP contribution in [-0.4, -0.2) is 40.8 Å². The third-order valence-corrected chi connectivity index (χ3v) is 5.49. The number of nitrogens with one attached hydrogen (secondary N) is 1. The maximum absolute atomic E-state index is 13.1. The molecule has 0 aromatic carbocycles. The Morgan fingerprint density at radius 2 is 1.84 bits per heavy atom. The molecular weight excluding hydrogens is 463 g/mol. The second-order valence-electron chi connectivity index (χ2n) is 6.20. The molecule has 170 valence electrons. The Labute approximate surface area is 184 Å². The lowest BCUT2D eigenvalue weighted by Crippen LogP contribution is -2.16. The minimum absolute atomic E-state index is 0.0451. The first-order valence-corrected chi connectivity index (χ1v) is 10.2. The number of carbonyl (C=O) groups excluding carboxylic acids is 3. The summed E-state index contributed by atoms with van der Waals surface area (Å²) in [5.74, 6) is -2.60. The van der Waals surface area contributed by atoms with Crippen LogP contribution in [0, 0.1) is 6.92 Å². The van der Waals surface area contributed by atoms with E-state index < -0.39 is 40.4 Å². The van der Waals surface area contributed by atoms with Gasteiger partial charge in [0.1, 0.15) is 14.9 Å². The number of aromatic nitrogens is 2. The first-order chi connectivity index (χ1) is 14.4. The molecule has 2 aromatic rings. The number of hydrogen-bond acceptors (Lipinski definition) is 7. The summed E-state index contributed by atoms with van der Waals surface area (Å²) in [5, 5.41) is 4.88. The Balaban J connectivity index is 2.48. The molecule has 0 saturated carbocycles. The molecule has 0 radical (unpaired) electrons. The van der Waals surface area contributed by atoms with Crippen molar-refractivity contribution in [3.8, 4) is 0 Å². The molecule has 0 aliphatic rings. The van der Waals surface area contributed by atoms with Crippen molar-refractivity contribution in [1.82, 2.24) is 9.78 Å². The van der Waals surface area contributed by atoms with Gasteiger partial charge in [-0.2, -0.15) is 18.3 Å². The van der Waals surface area contributed by atoms with Crippen LogP contribution >= 0.6 is 22.9 Å². The van der Waals surface area contributed by atoms with Crippen LogP contribution in [0.1, 0.15) is 62.0 Å². The van der Waals surface area contributed by atoms with E-state index in [0.717, 1.165) is 18.4 Å². The van der Waals surface area contributed by atoms with Crippen molar-refractivity contribution < 1.29 is 37.0 Å². The molecule has 8 nitrogen and oxygen atoms in total. The van der Waals surface area contributed by atoms with Gasteiger partial charge in [0.05, 0.1) is 18.8 Å². The maximum atomic E-state index is 13.1. The van der Waals surface area contributed by atoms with Crippen LogP contribution in [0.5, 0.6) is 0 Å². The third kappa shape index (κ3) is 5.18. The zero-order chi connectivity index (χ0) is 23.5. The number of esters is 2. The van der Waals surface area contributed by atoms with Gasteiger partial charge >= 0.3 is 18.1 Å². The Hall–Kier alpha value is -2.60. The standard InChI is InChI=1S/C18H19ClF3N3O5S/c1-5-7-30-16(27)9-8(3)12(17(28)29-6-2)31-15(9)23-14(26)11-10(19)13(18(20,21)22)25(4)24-11/h5-7H2,1-4H3,(H,23,26). The number of amides is 1. The molecule has 0 atom stereocenters. The highest BCUT2D eigenvalue weighted by Crippen LogP contribution is 2.38. The number of rotatable bonds is 7. The normalized spacial score (nSPS) is 11.4. The topological polar surface area (TPSA) is 99.5 Å². The predicted molar refractivity (Wildman–Crippen MR) is 107 cm³/mol. The van der Waals surface area contributed by atoms with E-state index in [1.807, 2.05) is 0 Å². The van der Waals surface area contributed by atoms with E-state index in [9.17, 15) is 27.6 Å². The zero-order valence-electron chi connectivity index (χ0n) is 17.0. The largest absolute Gasteiger partial charge is 0.462 e. The summed E-state index contributed by atoms with van der Waals surface area (Å²) in [6, 6.07) is 0. The maximum Gasteiger partial charge on any atom is 0.434 e. The molecule has 2 aromatic heterocycles. The van der Waals surface area contributed by atoms with Crippen molar-refractivity contribution in [1.29, 1.82) is 0 Å². The van der Waals surface area contributed by atoms with Crippen LogP contribution < -0.4 is 5.32 Å². The predicted octanol–water partition coefficient (Wildman–Crippen LogP) is 4.46. The van der Waals surface area contributed by atoms with Gasteiger partial charge in [0.15, 0.2) is 11.4 Å². The molecule has 0 aliphatic heterocycles. The summed E-state index contributed by atoms with van der Waals surface area (Å²) in [4.78, 5) is 37.4. The molecule has 1 amide bonds. The van der Waals surface area contributed by atoms with Crippen LogP contribution in [0.4, 0.5) is 18.2 Å². The van der Waals surface area contributed by atoms with Gasteiger partial charge in [0.2, 0.25) is 0 Å². The van der Waals surface area contributed by atoms with Gasteiger partial charge in [-0.1, -0.05) is 18.5 Å². The summed E-state index contributed by atoms with van der Waals surface area (Å²) in [6.07, 6.45) is -4.30. The fourth-order valence-electron chi connectivity index (χ4n) is 2.62. The van der Waals surface area contributed by atoms with Crippen LogP contribution in [0.3, 0.4) is 0 Å². The van der Waals surface area contributed by atoms with Crippen molar-refractivity contribution in [3.63, 3.8) is 0 Å². The Bertz CT molecular complexity index is 1020. The van der Waals surface area contributed by atoms with Crippen molar-refractivity contribution in [2.75, 3.05) is 18.5 Å². The second-order valence-corrected chi connectivity index (χ2v) is 7.60. The first kappa shape index (κ1) is 24.7. The average molecular weight is 482 g/mol. The molecule has 0 bridgehead atoms. The molecule has 31 heavy (non-hydrogen) atoms. The van der Waals surface area contributed by atoms with Gasteiger partial charge < -0.3 is 14.8 Å². The summed E-state index contributed by atoms with van der Waals surface area (Å²) in [6.45, 7) is 5.02. The third-order valence-electron chi connectivity index (χ3n) is 3.95. The summed E-state index contributed by atoms with van der Waals surface area (Å²) < 4.78 is 49.9. The van der Waals surface area contributed by atoms with E-state index in [0.29, 0.717) is 11.1 Å². The minimum Gasteiger partial charge on any atom is -0.462 e. The van der Waals surface area contributed by atoms with E-state index >= 15 is 0 Å². The summed E-state index contributed by atoms with van der Waals surface area (Å²) in [7, 11) is 0.993. The van der Waals surface area contributed by atoms with Gasteiger partial charge in [-0.25, -0.2) is 9.59 Å². The first-order valence-electron chi connectivity index (χ1n) is 9.02. The average Bonchev–Trinajstić information content (AvgIpc) is 3.15. The van der Waals surface area contributed by atoms with Crippen LogP contribution in [0.2, 0.25) is 5.02 Å². The molecule has 0 aliphatic carbocycles. The lowest BCUT2D eigenvalue weighted by molar-refractivity contribution is -0.143. The number of carbonyl (C=O) groups is 3. The Morgan fingerprint density at radius 3 is 2.35 bits per heavy atom. The lowest BCUT2D eigenvalue weighted by Gasteiger charge is -2.07. The SMILES string of the molecule is CCCOC(=O)c1c(NC(=O)c2nn(C)c(C(F)(F)F)c2Cl)sc(C(=O)OCC)c1C. The molecule has 0 fully saturated rings. The van der Waals surface area contributed by atoms with Gasteiger partial charge in [-0.05, 0) is 25.8 Å². The highest BCUT2D eigenvalue weighted by Gasteiger charge is 2.40. The van der Waals surface area contributed by atoms with E-state index in [2.05, 4.69) is 10.4 Å². The summed E-state index contributed by atoms with van der Waals surface area (Å²) >= 11 is 6.48. The molecule has 0 spiro atoms. The quantitative estimate of drug-likeness (QED) is 0.586. The van der Waals surface area contributed by atoms with Crippen LogP contribution in [0.15, 0.2) is 0 Å². The molecule has 2 rings (SSSR count). The number of nitrogens with zero attached hydrogens (tertiary/aromatic N) is 2. The van der Waals surface area contributed by atoms with E-state index in [1.54, 1.807) is 13.8 Å². The summed E-state index contributed by atoms with van der Waals surface area (Å²) in [5.41, 5.74) is -1.87. The van der Waals surface area contributed by atoms with E-state index in [1.165, 1.54) is 6.92 Å². The molecule has 13 heteroatoms. The molecule has 1 N–H and O–H groups in total. The number of alkyl halides is 3.